The lowest BCUT2D eigenvalue weighted by molar-refractivity contribution is 0.103. The maximum atomic E-state index is 12.6. The van der Waals surface area contributed by atoms with Crippen LogP contribution in [0.1, 0.15) is 15.9 Å². The van der Waals surface area contributed by atoms with Crippen molar-refractivity contribution in [3.63, 3.8) is 0 Å². The monoisotopic (exact) mass is 419 g/mol. The SMILES string of the molecule is CS(=O)(=O)c1ccc(-n2ncc(C(=O)c3ccc(Br)cc3)c2N)cc1. The van der Waals surface area contributed by atoms with Gasteiger partial charge in [0.2, 0.25) is 0 Å². The van der Waals surface area contributed by atoms with Crippen molar-refractivity contribution in [1.82, 2.24) is 9.78 Å². The highest BCUT2D eigenvalue weighted by Crippen LogP contribution is 2.22. The van der Waals surface area contributed by atoms with Gasteiger partial charge >= 0.3 is 0 Å². The molecule has 0 saturated carbocycles. The van der Waals surface area contributed by atoms with Gasteiger partial charge in [-0.05, 0) is 48.5 Å². The summed E-state index contributed by atoms with van der Waals surface area (Å²) in [5, 5.41) is 4.15. The van der Waals surface area contributed by atoms with Crippen LogP contribution < -0.4 is 5.73 Å². The van der Waals surface area contributed by atoms with Gasteiger partial charge in [-0.25, -0.2) is 13.1 Å². The zero-order valence-corrected chi connectivity index (χ0v) is 15.6. The number of benzene rings is 2. The van der Waals surface area contributed by atoms with E-state index in [1.54, 1.807) is 36.4 Å². The first-order valence-electron chi connectivity index (χ1n) is 7.21. The molecule has 0 aliphatic carbocycles. The number of nitrogens with two attached hydrogens (primary N) is 1. The van der Waals surface area contributed by atoms with Crippen molar-refractivity contribution in [2.45, 2.75) is 4.90 Å². The van der Waals surface area contributed by atoms with Crippen LogP contribution in [0.5, 0.6) is 0 Å². The molecule has 0 spiro atoms. The second-order valence-electron chi connectivity index (χ2n) is 5.46. The Morgan fingerprint density at radius 2 is 1.68 bits per heavy atom. The Bertz CT molecular complexity index is 1040. The fraction of sp³-hybridized carbons (Fsp3) is 0.0588. The van der Waals surface area contributed by atoms with Crippen LogP contribution in [-0.2, 0) is 9.84 Å². The average molecular weight is 420 g/mol. The molecule has 0 unspecified atom stereocenters. The Balaban J connectivity index is 1.96. The van der Waals surface area contributed by atoms with Crippen molar-refractivity contribution in [3.05, 3.63) is 70.3 Å². The van der Waals surface area contributed by atoms with Gasteiger partial charge in [0.1, 0.15) is 5.82 Å². The van der Waals surface area contributed by atoms with E-state index in [9.17, 15) is 13.2 Å². The highest BCUT2D eigenvalue weighted by molar-refractivity contribution is 9.10. The van der Waals surface area contributed by atoms with Gasteiger partial charge in [-0.15, -0.1) is 0 Å². The Hall–Kier alpha value is -2.45. The summed E-state index contributed by atoms with van der Waals surface area (Å²) in [7, 11) is -3.28. The van der Waals surface area contributed by atoms with E-state index in [-0.39, 0.29) is 22.1 Å². The van der Waals surface area contributed by atoms with Gasteiger partial charge in [-0.2, -0.15) is 5.10 Å². The Labute approximate surface area is 153 Å². The molecule has 0 atom stereocenters. The van der Waals surface area contributed by atoms with Gasteiger partial charge in [-0.3, -0.25) is 4.79 Å². The third kappa shape index (κ3) is 3.49. The quantitative estimate of drug-likeness (QED) is 0.655. The molecule has 0 bridgehead atoms. The lowest BCUT2D eigenvalue weighted by Crippen LogP contribution is -2.07. The second-order valence-corrected chi connectivity index (χ2v) is 8.39. The van der Waals surface area contributed by atoms with Crippen LogP contribution in [-0.4, -0.2) is 30.2 Å². The number of hydrogen-bond donors (Lipinski definition) is 1. The number of hydrogen-bond acceptors (Lipinski definition) is 5. The largest absolute Gasteiger partial charge is 0.383 e. The first-order valence-corrected chi connectivity index (χ1v) is 9.90. The van der Waals surface area contributed by atoms with E-state index in [4.69, 9.17) is 5.73 Å². The number of sulfone groups is 1. The normalized spacial score (nSPS) is 11.4. The predicted molar refractivity (Wildman–Crippen MR) is 98.7 cm³/mol. The zero-order valence-electron chi connectivity index (χ0n) is 13.2. The standard InChI is InChI=1S/C17H14BrN3O3S/c1-25(23,24)14-8-6-13(7-9-14)21-17(19)15(10-20-21)16(22)11-2-4-12(18)5-3-11/h2-10H,19H2,1H3. The van der Waals surface area contributed by atoms with Crippen LogP contribution >= 0.6 is 15.9 Å². The number of halogens is 1. The number of carbonyl (C=O) groups is 1. The van der Waals surface area contributed by atoms with Gasteiger partial charge in [0.05, 0.1) is 22.3 Å². The van der Waals surface area contributed by atoms with Crippen molar-refractivity contribution >= 4 is 37.4 Å². The molecule has 0 aliphatic rings. The molecule has 0 amide bonds. The molecular formula is C17H14BrN3O3S. The number of nitrogen functional groups attached to an aromatic ring is 1. The van der Waals surface area contributed by atoms with E-state index in [0.29, 0.717) is 11.3 Å². The molecule has 8 heteroatoms. The summed E-state index contributed by atoms with van der Waals surface area (Å²) >= 11 is 3.32. The number of nitrogens with zero attached hydrogens (tertiary/aromatic N) is 2. The minimum Gasteiger partial charge on any atom is -0.383 e. The molecule has 0 radical (unpaired) electrons. The Kier molecular flexibility index (Phi) is 4.49. The molecule has 25 heavy (non-hydrogen) atoms. The lowest BCUT2D eigenvalue weighted by Gasteiger charge is -2.06. The molecule has 2 aromatic carbocycles. The summed E-state index contributed by atoms with van der Waals surface area (Å²) < 4.78 is 25.3. The lowest BCUT2D eigenvalue weighted by atomic mass is 10.1. The first-order chi connectivity index (χ1) is 11.8. The van der Waals surface area contributed by atoms with E-state index in [1.165, 1.54) is 23.0 Å². The van der Waals surface area contributed by atoms with Crippen molar-refractivity contribution in [2.75, 3.05) is 12.0 Å². The number of anilines is 1. The van der Waals surface area contributed by atoms with Gasteiger partial charge < -0.3 is 5.73 Å². The molecule has 0 aliphatic heterocycles. The molecule has 3 aromatic rings. The molecule has 6 nitrogen and oxygen atoms in total. The fourth-order valence-electron chi connectivity index (χ4n) is 2.33. The molecule has 0 fully saturated rings. The summed E-state index contributed by atoms with van der Waals surface area (Å²) in [4.78, 5) is 12.8. The minimum absolute atomic E-state index is 0.194. The number of rotatable bonds is 4. The number of carbonyl (C=O) groups excluding carboxylic acids is 1. The maximum Gasteiger partial charge on any atom is 0.198 e. The molecule has 1 heterocycles. The maximum absolute atomic E-state index is 12.6. The van der Waals surface area contributed by atoms with Crippen LogP contribution in [0.2, 0.25) is 0 Å². The summed E-state index contributed by atoms with van der Waals surface area (Å²) in [5.74, 6) is -0.0379. The highest BCUT2D eigenvalue weighted by Gasteiger charge is 2.18. The van der Waals surface area contributed by atoms with E-state index in [1.807, 2.05) is 0 Å². The third-order valence-corrected chi connectivity index (χ3v) is 5.32. The number of aromatic nitrogens is 2. The van der Waals surface area contributed by atoms with Crippen LogP contribution in [0, 0.1) is 0 Å². The van der Waals surface area contributed by atoms with Crippen LogP contribution in [0.15, 0.2) is 64.1 Å². The Morgan fingerprint density at radius 1 is 1.08 bits per heavy atom. The minimum atomic E-state index is -3.28. The van der Waals surface area contributed by atoms with Crippen molar-refractivity contribution < 1.29 is 13.2 Å². The summed E-state index contributed by atoms with van der Waals surface area (Å²) in [5.41, 5.74) is 7.44. The number of ketones is 1. The fourth-order valence-corrected chi connectivity index (χ4v) is 3.22. The summed E-state index contributed by atoms with van der Waals surface area (Å²) in [6.07, 6.45) is 2.55. The van der Waals surface area contributed by atoms with Gasteiger partial charge in [0.15, 0.2) is 15.6 Å². The van der Waals surface area contributed by atoms with Crippen LogP contribution in [0.25, 0.3) is 5.69 Å². The smallest absolute Gasteiger partial charge is 0.198 e. The van der Waals surface area contributed by atoms with Crippen LogP contribution in [0.3, 0.4) is 0 Å². The zero-order chi connectivity index (χ0) is 18.2. The molecule has 1 aromatic heterocycles. The van der Waals surface area contributed by atoms with E-state index in [0.717, 1.165) is 10.7 Å². The predicted octanol–water partition coefficient (Wildman–Crippen LogP) is 2.85. The molecule has 0 saturated heterocycles. The molecule has 3 rings (SSSR count). The highest BCUT2D eigenvalue weighted by atomic mass is 79.9. The van der Waals surface area contributed by atoms with Gasteiger partial charge in [0.25, 0.3) is 0 Å². The van der Waals surface area contributed by atoms with E-state index in [2.05, 4.69) is 21.0 Å². The summed E-state index contributed by atoms with van der Waals surface area (Å²) in [6.45, 7) is 0. The van der Waals surface area contributed by atoms with Gasteiger partial charge in [0, 0.05) is 16.3 Å². The van der Waals surface area contributed by atoms with Crippen molar-refractivity contribution in [3.8, 4) is 5.69 Å². The molecule has 2 N–H and O–H groups in total. The molecule has 128 valence electrons. The topological polar surface area (TPSA) is 95.0 Å². The Morgan fingerprint density at radius 3 is 2.24 bits per heavy atom. The van der Waals surface area contributed by atoms with Crippen molar-refractivity contribution in [2.24, 2.45) is 0 Å². The van der Waals surface area contributed by atoms with Crippen LogP contribution in [0.4, 0.5) is 5.82 Å². The van der Waals surface area contributed by atoms with E-state index < -0.39 is 9.84 Å². The van der Waals surface area contributed by atoms with Crippen molar-refractivity contribution in [1.29, 1.82) is 0 Å². The second kappa shape index (κ2) is 6.45. The molecular weight excluding hydrogens is 406 g/mol. The summed E-state index contributed by atoms with van der Waals surface area (Å²) in [6, 6.07) is 13.1. The first kappa shape index (κ1) is 17.4. The average Bonchev–Trinajstić information content (AvgIpc) is 2.96. The van der Waals surface area contributed by atoms with E-state index >= 15 is 0 Å². The third-order valence-electron chi connectivity index (χ3n) is 3.67. The van der Waals surface area contributed by atoms with Gasteiger partial charge in [-0.1, -0.05) is 15.9 Å².